The zero-order valence-corrected chi connectivity index (χ0v) is 18.7. The molecule has 6 heteroatoms. The van der Waals surface area contributed by atoms with Gasteiger partial charge in [0.1, 0.15) is 5.60 Å². The summed E-state index contributed by atoms with van der Waals surface area (Å²) in [5.41, 5.74) is -0.591. The number of amides is 2. The lowest BCUT2D eigenvalue weighted by Crippen LogP contribution is -2.48. The van der Waals surface area contributed by atoms with Crippen LogP contribution >= 0.6 is 0 Å². The van der Waals surface area contributed by atoms with Gasteiger partial charge in [-0.25, -0.2) is 4.79 Å². The highest BCUT2D eigenvalue weighted by molar-refractivity contribution is 5.78. The molecule has 0 bridgehead atoms. The molecule has 0 radical (unpaired) electrons. The summed E-state index contributed by atoms with van der Waals surface area (Å²) in [6.45, 7) is 9.61. The Kier molecular flexibility index (Phi) is 10.3. The van der Waals surface area contributed by atoms with Crippen molar-refractivity contribution in [3.05, 3.63) is 0 Å². The van der Waals surface area contributed by atoms with Crippen molar-refractivity contribution in [1.82, 2.24) is 10.6 Å². The van der Waals surface area contributed by atoms with E-state index in [1.165, 1.54) is 19.3 Å². The molecule has 3 atom stereocenters. The molecule has 3 N–H and O–H groups in total. The Balaban J connectivity index is 2.83. The van der Waals surface area contributed by atoms with Gasteiger partial charge in [0.15, 0.2) is 0 Å². The molecule has 0 saturated heterocycles. The predicted octanol–water partition coefficient (Wildman–Crippen LogP) is 4.01. The van der Waals surface area contributed by atoms with Gasteiger partial charge in [-0.3, -0.25) is 4.79 Å². The van der Waals surface area contributed by atoms with Crippen LogP contribution in [0.3, 0.4) is 0 Å². The Morgan fingerprint density at radius 2 is 1.71 bits per heavy atom. The highest BCUT2D eigenvalue weighted by Gasteiger charge is 2.31. The number of hydrogen-bond donors (Lipinski definition) is 3. The van der Waals surface area contributed by atoms with Crippen LogP contribution in [-0.4, -0.2) is 41.9 Å². The number of nitrogens with one attached hydrogen (secondary N) is 2. The minimum Gasteiger partial charge on any atom is -0.444 e. The van der Waals surface area contributed by atoms with Crippen LogP contribution in [0.1, 0.15) is 86.0 Å². The molecule has 1 aliphatic rings. The average Bonchev–Trinajstić information content (AvgIpc) is 2.58. The molecule has 0 spiro atoms. The van der Waals surface area contributed by atoms with Gasteiger partial charge >= 0.3 is 6.09 Å². The fourth-order valence-electron chi connectivity index (χ4n) is 4.09. The normalized spacial score (nSPS) is 19.0. The third kappa shape index (κ3) is 9.76. The van der Waals surface area contributed by atoms with Crippen molar-refractivity contribution in [1.29, 1.82) is 0 Å². The second-order valence-corrected chi connectivity index (χ2v) is 9.74. The van der Waals surface area contributed by atoms with Crippen LogP contribution in [0.4, 0.5) is 4.79 Å². The summed E-state index contributed by atoms with van der Waals surface area (Å²) in [4.78, 5) is 24.6. The quantitative estimate of drug-likeness (QED) is 0.547. The van der Waals surface area contributed by atoms with Crippen LogP contribution < -0.4 is 10.6 Å². The zero-order chi connectivity index (χ0) is 21.3. The maximum absolute atomic E-state index is 12.3. The molecule has 0 aromatic rings. The topological polar surface area (TPSA) is 87.7 Å². The molecular formula is C22H42N2O4. The lowest BCUT2D eigenvalue weighted by molar-refractivity contribution is -0.126. The third-order valence-corrected chi connectivity index (χ3v) is 5.38. The van der Waals surface area contributed by atoms with E-state index in [1.54, 1.807) is 7.05 Å². The minimum atomic E-state index is -0.782. The number of hydrogen-bond acceptors (Lipinski definition) is 4. The van der Waals surface area contributed by atoms with Crippen LogP contribution in [0.25, 0.3) is 0 Å². The Labute approximate surface area is 171 Å². The maximum Gasteiger partial charge on any atom is 0.407 e. The van der Waals surface area contributed by atoms with Gasteiger partial charge in [-0.05, 0) is 51.9 Å². The van der Waals surface area contributed by atoms with E-state index in [0.29, 0.717) is 24.7 Å². The Morgan fingerprint density at radius 3 is 2.21 bits per heavy atom. The molecule has 1 fully saturated rings. The van der Waals surface area contributed by atoms with Crippen molar-refractivity contribution in [2.75, 3.05) is 7.05 Å². The second-order valence-electron chi connectivity index (χ2n) is 9.74. The standard InChI is InChI=1S/C22H42N2O4/c1-15(2)12-17(20(26)23-6)14-19(25)18(13-16-10-8-7-9-11-16)24-21(27)28-22(3,4)5/h15-19,25H,7-14H2,1-6H3,(H,23,26)(H,24,27)/t17?,18?,19-/m0/s1. The van der Waals surface area contributed by atoms with E-state index in [4.69, 9.17) is 4.74 Å². The smallest absolute Gasteiger partial charge is 0.407 e. The Morgan fingerprint density at radius 1 is 1.11 bits per heavy atom. The zero-order valence-electron chi connectivity index (χ0n) is 18.7. The van der Waals surface area contributed by atoms with Crippen molar-refractivity contribution in [2.45, 2.75) is 104 Å². The highest BCUT2D eigenvalue weighted by Crippen LogP contribution is 2.29. The number of ether oxygens (including phenoxy) is 1. The van der Waals surface area contributed by atoms with Crippen LogP contribution in [-0.2, 0) is 9.53 Å². The van der Waals surface area contributed by atoms with Gasteiger partial charge in [-0.2, -0.15) is 0 Å². The fourth-order valence-corrected chi connectivity index (χ4v) is 4.09. The Hall–Kier alpha value is -1.30. The van der Waals surface area contributed by atoms with E-state index in [-0.39, 0.29) is 11.8 Å². The second kappa shape index (κ2) is 11.6. The lowest BCUT2D eigenvalue weighted by atomic mass is 9.81. The van der Waals surface area contributed by atoms with Crippen molar-refractivity contribution < 1.29 is 19.4 Å². The van der Waals surface area contributed by atoms with Crippen LogP contribution in [0.2, 0.25) is 0 Å². The molecule has 0 aromatic carbocycles. The summed E-state index contributed by atoms with van der Waals surface area (Å²) in [6, 6.07) is -0.405. The van der Waals surface area contributed by atoms with E-state index >= 15 is 0 Å². The average molecular weight is 399 g/mol. The molecule has 0 heterocycles. The molecule has 0 aliphatic heterocycles. The number of aliphatic hydroxyl groups excluding tert-OH is 1. The maximum atomic E-state index is 12.3. The number of aliphatic hydroxyl groups is 1. The molecule has 2 unspecified atom stereocenters. The van der Waals surface area contributed by atoms with Crippen LogP contribution in [0.5, 0.6) is 0 Å². The summed E-state index contributed by atoms with van der Waals surface area (Å²) in [5.74, 6) is 0.521. The first-order valence-electron chi connectivity index (χ1n) is 10.9. The molecule has 1 saturated carbocycles. The van der Waals surface area contributed by atoms with Crippen molar-refractivity contribution in [3.63, 3.8) is 0 Å². The number of carbonyl (C=O) groups excluding carboxylic acids is 2. The summed E-state index contributed by atoms with van der Waals surface area (Å²) in [6.07, 6.45) is 6.41. The van der Waals surface area contributed by atoms with Crippen LogP contribution in [0.15, 0.2) is 0 Å². The first-order valence-corrected chi connectivity index (χ1v) is 10.9. The number of carbonyl (C=O) groups is 2. The van der Waals surface area contributed by atoms with Crippen molar-refractivity contribution in [2.24, 2.45) is 17.8 Å². The van der Waals surface area contributed by atoms with Gasteiger partial charge in [0.2, 0.25) is 5.91 Å². The summed E-state index contributed by atoms with van der Waals surface area (Å²) >= 11 is 0. The summed E-state index contributed by atoms with van der Waals surface area (Å²) in [5, 5.41) is 16.6. The number of alkyl carbamates (subject to hydrolysis) is 1. The van der Waals surface area contributed by atoms with Crippen molar-refractivity contribution >= 4 is 12.0 Å². The van der Waals surface area contributed by atoms with Crippen LogP contribution in [0, 0.1) is 17.8 Å². The van der Waals surface area contributed by atoms with E-state index < -0.39 is 23.8 Å². The molecule has 0 aromatic heterocycles. The first-order chi connectivity index (χ1) is 13.0. The van der Waals surface area contributed by atoms with E-state index in [2.05, 4.69) is 24.5 Å². The van der Waals surface area contributed by atoms with Gasteiger partial charge in [-0.15, -0.1) is 0 Å². The molecule has 6 nitrogen and oxygen atoms in total. The fraction of sp³-hybridized carbons (Fsp3) is 0.909. The van der Waals surface area contributed by atoms with Gasteiger partial charge in [0.05, 0.1) is 12.1 Å². The highest BCUT2D eigenvalue weighted by atomic mass is 16.6. The molecule has 1 aliphatic carbocycles. The predicted molar refractivity (Wildman–Crippen MR) is 112 cm³/mol. The molecular weight excluding hydrogens is 356 g/mol. The molecule has 1 rings (SSSR count). The molecule has 164 valence electrons. The summed E-state index contributed by atoms with van der Waals surface area (Å²) < 4.78 is 5.41. The molecule has 28 heavy (non-hydrogen) atoms. The third-order valence-electron chi connectivity index (χ3n) is 5.38. The largest absolute Gasteiger partial charge is 0.444 e. The van der Waals surface area contributed by atoms with Gasteiger partial charge < -0.3 is 20.5 Å². The minimum absolute atomic E-state index is 0.0542. The molecule has 2 amide bonds. The SMILES string of the molecule is CNC(=O)C(CC(C)C)C[C@H](O)C(CC1CCCCC1)NC(=O)OC(C)(C)C. The van der Waals surface area contributed by atoms with Gasteiger partial charge in [0.25, 0.3) is 0 Å². The van der Waals surface area contributed by atoms with Gasteiger partial charge in [-0.1, -0.05) is 46.0 Å². The lowest BCUT2D eigenvalue weighted by Gasteiger charge is -2.32. The first kappa shape index (κ1) is 24.7. The van der Waals surface area contributed by atoms with E-state index in [9.17, 15) is 14.7 Å². The number of rotatable bonds is 9. The van der Waals surface area contributed by atoms with Gasteiger partial charge in [0, 0.05) is 13.0 Å². The summed E-state index contributed by atoms with van der Waals surface area (Å²) in [7, 11) is 1.63. The Bertz CT molecular complexity index is 481. The van der Waals surface area contributed by atoms with Crippen molar-refractivity contribution in [3.8, 4) is 0 Å². The van der Waals surface area contributed by atoms with E-state index in [0.717, 1.165) is 19.3 Å². The monoisotopic (exact) mass is 398 g/mol. The van der Waals surface area contributed by atoms with E-state index in [1.807, 2.05) is 20.8 Å².